The van der Waals surface area contributed by atoms with Crippen LogP contribution >= 0.6 is 12.2 Å². The molecule has 0 aromatic carbocycles. The van der Waals surface area contributed by atoms with Gasteiger partial charge in [-0.15, -0.1) is 0 Å². The van der Waals surface area contributed by atoms with E-state index in [1.165, 1.54) is 4.57 Å². The maximum atomic E-state index is 11.7. The van der Waals surface area contributed by atoms with Crippen LogP contribution < -0.4 is 11.0 Å². The van der Waals surface area contributed by atoms with Crippen LogP contribution in [0.5, 0.6) is 0 Å². The van der Waals surface area contributed by atoms with E-state index in [9.17, 15) is 9.59 Å². The molecule has 7 heteroatoms. The monoisotopic (exact) mass is 228 g/mol. The summed E-state index contributed by atoms with van der Waals surface area (Å²) in [6, 6.07) is -0.291. The number of amides is 1. The molecule has 6 nitrogen and oxygen atoms in total. The molecule has 1 heterocycles. The molecule has 2 rings (SSSR count). The highest BCUT2D eigenvalue weighted by atomic mass is 32.1. The molecule has 15 heavy (non-hydrogen) atoms. The van der Waals surface area contributed by atoms with Crippen molar-refractivity contribution in [2.45, 2.75) is 31.8 Å². The molecular weight excluding hydrogens is 216 g/mol. The van der Waals surface area contributed by atoms with Crippen LogP contribution in [-0.2, 0) is 4.79 Å². The molecule has 0 radical (unpaired) electrons. The van der Waals surface area contributed by atoms with Crippen molar-refractivity contribution in [1.29, 1.82) is 0 Å². The van der Waals surface area contributed by atoms with E-state index in [0.29, 0.717) is 0 Å². The Labute approximate surface area is 90.7 Å². The second kappa shape index (κ2) is 3.65. The van der Waals surface area contributed by atoms with E-state index in [0.717, 1.165) is 12.8 Å². The number of hydrogen-bond donors (Lipinski definition) is 3. The van der Waals surface area contributed by atoms with Crippen molar-refractivity contribution in [3.05, 3.63) is 15.3 Å². The van der Waals surface area contributed by atoms with Gasteiger partial charge in [0.15, 0.2) is 4.77 Å². The Morgan fingerprint density at radius 1 is 1.60 bits per heavy atom. The Kier molecular flexibility index (Phi) is 2.47. The lowest BCUT2D eigenvalue weighted by molar-refractivity contribution is -0.124. The number of carbonyl (C=O) groups excluding carboxylic acids is 1. The van der Waals surface area contributed by atoms with E-state index in [1.807, 2.05) is 0 Å². The molecule has 1 saturated carbocycles. The van der Waals surface area contributed by atoms with E-state index >= 15 is 0 Å². The molecule has 1 amide bonds. The van der Waals surface area contributed by atoms with Crippen LogP contribution in [0.1, 0.15) is 25.8 Å². The van der Waals surface area contributed by atoms with Crippen LogP contribution in [0.3, 0.4) is 0 Å². The van der Waals surface area contributed by atoms with Gasteiger partial charge in [0.25, 0.3) is 0 Å². The summed E-state index contributed by atoms with van der Waals surface area (Å²) in [5.74, 6) is -0.168. The molecule has 1 fully saturated rings. The second-order valence-electron chi connectivity index (χ2n) is 3.69. The molecule has 1 atom stereocenters. The van der Waals surface area contributed by atoms with Gasteiger partial charge in [-0.05, 0) is 32.0 Å². The lowest BCUT2D eigenvalue weighted by Gasteiger charge is -2.11. The van der Waals surface area contributed by atoms with Crippen LogP contribution in [0.2, 0.25) is 0 Å². The van der Waals surface area contributed by atoms with Crippen LogP contribution in [0.4, 0.5) is 0 Å². The number of carbonyl (C=O) groups is 1. The predicted molar refractivity (Wildman–Crippen MR) is 56.1 cm³/mol. The summed E-state index contributed by atoms with van der Waals surface area (Å²) in [4.78, 5) is 23.0. The molecule has 0 aliphatic heterocycles. The molecular formula is C8H12N4O2S. The maximum Gasteiger partial charge on any atom is 0.343 e. The van der Waals surface area contributed by atoms with Gasteiger partial charge in [-0.2, -0.15) is 0 Å². The number of nitrogens with zero attached hydrogens (tertiary/aromatic N) is 1. The van der Waals surface area contributed by atoms with Crippen molar-refractivity contribution in [2.75, 3.05) is 0 Å². The minimum absolute atomic E-state index is 0.168. The van der Waals surface area contributed by atoms with Crippen LogP contribution in [0.25, 0.3) is 0 Å². The van der Waals surface area contributed by atoms with E-state index in [2.05, 4.69) is 15.5 Å². The van der Waals surface area contributed by atoms with Crippen molar-refractivity contribution in [3.63, 3.8) is 0 Å². The van der Waals surface area contributed by atoms with Crippen molar-refractivity contribution in [2.24, 2.45) is 0 Å². The lowest BCUT2D eigenvalue weighted by atomic mass is 10.3. The number of nitrogens with one attached hydrogen (secondary N) is 3. The minimum Gasteiger partial charge on any atom is -0.352 e. The first-order valence-corrected chi connectivity index (χ1v) is 5.20. The van der Waals surface area contributed by atoms with Crippen LogP contribution in [0.15, 0.2) is 4.79 Å². The first-order valence-electron chi connectivity index (χ1n) is 4.79. The summed E-state index contributed by atoms with van der Waals surface area (Å²) < 4.78 is 1.46. The smallest absolute Gasteiger partial charge is 0.343 e. The van der Waals surface area contributed by atoms with Crippen LogP contribution in [-0.4, -0.2) is 26.7 Å². The summed E-state index contributed by atoms with van der Waals surface area (Å²) in [6.45, 7) is 1.65. The SMILES string of the molecule is CC(C(=O)NC1CC1)n1c(=O)[nH][nH]c1=S. The first-order chi connectivity index (χ1) is 7.09. The van der Waals surface area contributed by atoms with Gasteiger partial charge in [-0.1, -0.05) is 0 Å². The van der Waals surface area contributed by atoms with Crippen molar-refractivity contribution in [3.8, 4) is 0 Å². The Bertz CT molecular complexity index is 454. The first kappa shape index (κ1) is 10.2. The topological polar surface area (TPSA) is 82.7 Å². The fourth-order valence-corrected chi connectivity index (χ4v) is 1.63. The summed E-state index contributed by atoms with van der Waals surface area (Å²) >= 11 is 4.89. The quantitative estimate of drug-likeness (QED) is 0.640. The van der Waals surface area contributed by atoms with Gasteiger partial charge in [-0.3, -0.25) is 14.5 Å². The zero-order chi connectivity index (χ0) is 11.0. The molecule has 1 aliphatic carbocycles. The highest BCUT2D eigenvalue weighted by Crippen LogP contribution is 2.19. The number of H-pyrrole nitrogens is 2. The van der Waals surface area contributed by atoms with Gasteiger partial charge in [0.2, 0.25) is 5.91 Å². The van der Waals surface area contributed by atoms with Gasteiger partial charge >= 0.3 is 5.69 Å². The second-order valence-corrected chi connectivity index (χ2v) is 4.08. The van der Waals surface area contributed by atoms with Crippen molar-refractivity contribution in [1.82, 2.24) is 20.1 Å². The minimum atomic E-state index is -0.576. The molecule has 0 saturated heterocycles. The Morgan fingerprint density at radius 2 is 2.27 bits per heavy atom. The van der Waals surface area contributed by atoms with E-state index in [-0.39, 0.29) is 16.7 Å². The van der Waals surface area contributed by atoms with Gasteiger partial charge in [0.05, 0.1) is 0 Å². The van der Waals surface area contributed by atoms with Gasteiger partial charge < -0.3 is 5.32 Å². The fraction of sp³-hybridized carbons (Fsp3) is 0.625. The highest BCUT2D eigenvalue weighted by molar-refractivity contribution is 7.71. The zero-order valence-corrected chi connectivity index (χ0v) is 9.06. The largest absolute Gasteiger partial charge is 0.352 e. The molecule has 3 N–H and O–H groups in total. The standard InChI is InChI=1S/C8H12N4O2S/c1-4(6(13)9-5-2-3-5)12-7(14)10-11-8(12)15/h4-5H,2-3H2,1H3,(H,9,13)(H,10,14)(H,11,15). The molecule has 1 aromatic rings. The average Bonchev–Trinajstić information content (AvgIpc) is 2.93. The maximum absolute atomic E-state index is 11.7. The Hall–Kier alpha value is -1.37. The fourth-order valence-electron chi connectivity index (χ4n) is 1.34. The van der Waals surface area contributed by atoms with Crippen LogP contribution in [0, 0.1) is 4.77 Å². The third kappa shape index (κ3) is 2.01. The molecule has 1 aliphatic rings. The summed E-state index contributed by atoms with van der Waals surface area (Å²) in [5, 5.41) is 7.67. The summed E-state index contributed by atoms with van der Waals surface area (Å²) in [5.41, 5.74) is -0.390. The molecule has 1 unspecified atom stereocenters. The van der Waals surface area contributed by atoms with E-state index in [4.69, 9.17) is 12.2 Å². The number of aromatic amines is 2. The molecule has 0 spiro atoms. The van der Waals surface area contributed by atoms with E-state index in [1.54, 1.807) is 6.92 Å². The van der Waals surface area contributed by atoms with Crippen molar-refractivity contribution < 1.29 is 4.79 Å². The predicted octanol–water partition coefficient (Wildman–Crippen LogP) is 0.0736. The Morgan fingerprint density at radius 3 is 2.73 bits per heavy atom. The lowest BCUT2D eigenvalue weighted by Crippen LogP contribution is -2.36. The van der Waals surface area contributed by atoms with Gasteiger partial charge in [0.1, 0.15) is 6.04 Å². The molecule has 0 bridgehead atoms. The average molecular weight is 228 g/mol. The number of aromatic nitrogens is 3. The van der Waals surface area contributed by atoms with Gasteiger partial charge in [0, 0.05) is 6.04 Å². The molecule has 82 valence electrons. The Balaban J connectivity index is 2.19. The number of rotatable bonds is 3. The van der Waals surface area contributed by atoms with Gasteiger partial charge in [-0.25, -0.2) is 9.89 Å². The summed E-state index contributed by atoms with van der Waals surface area (Å²) in [6.07, 6.45) is 2.04. The van der Waals surface area contributed by atoms with Crippen molar-refractivity contribution >= 4 is 18.1 Å². The normalized spacial score (nSPS) is 17.4. The third-order valence-corrected chi connectivity index (χ3v) is 2.70. The molecule has 1 aromatic heterocycles. The number of hydrogen-bond acceptors (Lipinski definition) is 3. The summed E-state index contributed by atoms with van der Waals surface area (Å²) in [7, 11) is 0. The highest BCUT2D eigenvalue weighted by Gasteiger charge is 2.27. The zero-order valence-electron chi connectivity index (χ0n) is 8.24. The third-order valence-electron chi connectivity index (χ3n) is 2.40. The van der Waals surface area contributed by atoms with E-state index < -0.39 is 11.7 Å².